The smallest absolute Gasteiger partial charge is 0.282 e. The van der Waals surface area contributed by atoms with Crippen LogP contribution in [0.4, 0.5) is 4.39 Å². The van der Waals surface area contributed by atoms with Gasteiger partial charge >= 0.3 is 0 Å². The Bertz CT molecular complexity index is 474. The largest absolute Gasteiger partial charge is 0.343 e. The summed E-state index contributed by atoms with van der Waals surface area (Å²) in [6, 6.07) is 6.77. The Labute approximate surface area is 158 Å². The van der Waals surface area contributed by atoms with Gasteiger partial charge in [0.15, 0.2) is 0 Å². The van der Waals surface area contributed by atoms with E-state index in [1.807, 2.05) is 6.07 Å². The first kappa shape index (κ1) is 23.1. The Hall–Kier alpha value is -0.970. The molecule has 26 heavy (non-hydrogen) atoms. The highest BCUT2D eigenvalue weighted by atomic mass is 19.1. The summed E-state index contributed by atoms with van der Waals surface area (Å²) in [6.45, 7) is 2.22. The maximum atomic E-state index is 13.2. The lowest BCUT2D eigenvalue weighted by Gasteiger charge is -2.33. The number of hydrogen-bond donors (Lipinski definition) is 1. The van der Waals surface area contributed by atoms with Crippen molar-refractivity contribution in [3.63, 3.8) is 0 Å². The van der Waals surface area contributed by atoms with Gasteiger partial charge in [0.25, 0.3) is 5.97 Å². The number of benzene rings is 1. The quantitative estimate of drug-likeness (QED) is 0.312. The molecular formula is C22H37FO3. The second-order valence-corrected chi connectivity index (χ2v) is 7.17. The van der Waals surface area contributed by atoms with E-state index in [2.05, 4.69) is 6.92 Å². The van der Waals surface area contributed by atoms with Crippen LogP contribution in [0.2, 0.25) is 0 Å². The number of hydrogen-bond acceptors (Lipinski definition) is 3. The molecule has 0 aliphatic carbocycles. The summed E-state index contributed by atoms with van der Waals surface area (Å²) in [5.41, 5.74) is 1.02. The molecule has 1 rings (SSSR count). The lowest BCUT2D eigenvalue weighted by atomic mass is 9.91. The van der Waals surface area contributed by atoms with Crippen LogP contribution in [0.15, 0.2) is 24.3 Å². The number of rotatable bonds is 15. The fraction of sp³-hybridized carbons (Fsp3) is 0.727. The van der Waals surface area contributed by atoms with Crippen molar-refractivity contribution < 1.29 is 19.0 Å². The van der Waals surface area contributed by atoms with Gasteiger partial charge in [0, 0.05) is 20.1 Å². The molecule has 0 spiro atoms. The van der Waals surface area contributed by atoms with E-state index in [0.29, 0.717) is 0 Å². The molecule has 0 amide bonds. The van der Waals surface area contributed by atoms with E-state index in [-0.39, 0.29) is 11.7 Å². The molecule has 1 unspecified atom stereocenters. The number of aryl methyl sites for hydroxylation is 1. The second-order valence-electron chi connectivity index (χ2n) is 7.17. The molecule has 1 N–H and O–H groups in total. The van der Waals surface area contributed by atoms with Crippen LogP contribution < -0.4 is 0 Å². The van der Waals surface area contributed by atoms with Crippen LogP contribution in [0.3, 0.4) is 0 Å². The molecule has 1 atom stereocenters. The average molecular weight is 369 g/mol. The summed E-state index contributed by atoms with van der Waals surface area (Å²) in [4.78, 5) is 0. The van der Waals surface area contributed by atoms with Crippen molar-refractivity contribution in [3.8, 4) is 0 Å². The Morgan fingerprint density at radius 1 is 0.962 bits per heavy atom. The third kappa shape index (κ3) is 8.61. The maximum absolute atomic E-state index is 13.2. The molecule has 0 aromatic heterocycles. The fourth-order valence-electron chi connectivity index (χ4n) is 3.51. The van der Waals surface area contributed by atoms with Gasteiger partial charge in [-0.25, -0.2) is 4.39 Å². The third-order valence-corrected chi connectivity index (χ3v) is 5.16. The molecule has 0 saturated heterocycles. The Morgan fingerprint density at radius 3 is 2.19 bits per heavy atom. The zero-order chi connectivity index (χ0) is 19.3. The van der Waals surface area contributed by atoms with Crippen LogP contribution in [-0.4, -0.2) is 25.3 Å². The van der Waals surface area contributed by atoms with Crippen LogP contribution in [0.1, 0.15) is 76.7 Å². The molecule has 0 fully saturated rings. The van der Waals surface area contributed by atoms with Crippen LogP contribution in [-0.2, 0) is 15.9 Å². The van der Waals surface area contributed by atoms with Crippen LogP contribution in [0.25, 0.3) is 0 Å². The van der Waals surface area contributed by atoms with E-state index in [4.69, 9.17) is 9.47 Å². The van der Waals surface area contributed by atoms with E-state index in [1.54, 1.807) is 12.1 Å². The van der Waals surface area contributed by atoms with Crippen molar-refractivity contribution in [1.29, 1.82) is 0 Å². The van der Waals surface area contributed by atoms with Crippen LogP contribution >= 0.6 is 0 Å². The highest BCUT2D eigenvalue weighted by Crippen LogP contribution is 2.30. The monoisotopic (exact) mass is 368 g/mol. The molecule has 150 valence electrons. The Balaban J connectivity index is 2.41. The number of aliphatic hydroxyl groups is 1. The normalized spacial score (nSPS) is 13.1. The van der Waals surface area contributed by atoms with Crippen LogP contribution in [0.5, 0.6) is 0 Å². The van der Waals surface area contributed by atoms with Gasteiger partial charge in [-0.05, 0) is 43.4 Å². The molecule has 0 heterocycles. The summed E-state index contributed by atoms with van der Waals surface area (Å²) in [6.07, 6.45) is 11.8. The Kier molecular flexibility index (Phi) is 11.7. The molecule has 1 aromatic rings. The molecule has 3 nitrogen and oxygen atoms in total. The highest BCUT2D eigenvalue weighted by Gasteiger charge is 2.36. The van der Waals surface area contributed by atoms with Gasteiger partial charge in [0.05, 0.1) is 0 Å². The zero-order valence-corrected chi connectivity index (χ0v) is 16.8. The van der Waals surface area contributed by atoms with Crippen LogP contribution in [0, 0.1) is 11.7 Å². The van der Waals surface area contributed by atoms with Gasteiger partial charge in [-0.15, -0.1) is 0 Å². The lowest BCUT2D eigenvalue weighted by molar-refractivity contribution is -0.369. The molecule has 0 radical (unpaired) electrons. The number of unbranched alkanes of at least 4 members (excludes halogenated alkanes) is 6. The SMILES string of the molecule is CCCCCCCCC(CCCCc1cccc(F)c1)C(O)(OC)OC. The fourth-order valence-corrected chi connectivity index (χ4v) is 3.51. The average Bonchev–Trinajstić information content (AvgIpc) is 2.65. The first-order valence-electron chi connectivity index (χ1n) is 10.1. The van der Waals surface area contributed by atoms with Crippen molar-refractivity contribution in [3.05, 3.63) is 35.6 Å². The molecule has 4 heteroatoms. The summed E-state index contributed by atoms with van der Waals surface area (Å²) < 4.78 is 23.8. The van der Waals surface area contributed by atoms with Gasteiger partial charge in [-0.3, -0.25) is 0 Å². The second kappa shape index (κ2) is 13.2. The summed E-state index contributed by atoms with van der Waals surface area (Å²) in [5.74, 6) is -1.74. The predicted octanol–water partition coefficient (Wildman–Crippen LogP) is 5.84. The van der Waals surface area contributed by atoms with Gasteiger partial charge in [-0.1, -0.05) is 64.0 Å². The molecule has 1 aromatic carbocycles. The van der Waals surface area contributed by atoms with Gasteiger partial charge in [0.1, 0.15) is 5.82 Å². The summed E-state index contributed by atoms with van der Waals surface area (Å²) in [7, 11) is 2.98. The highest BCUT2D eigenvalue weighted by molar-refractivity contribution is 5.16. The van der Waals surface area contributed by atoms with Crippen molar-refractivity contribution in [2.45, 2.75) is 83.5 Å². The van der Waals surface area contributed by atoms with Gasteiger partial charge in [-0.2, -0.15) is 0 Å². The van der Waals surface area contributed by atoms with Crippen molar-refractivity contribution in [1.82, 2.24) is 0 Å². The van der Waals surface area contributed by atoms with Crippen molar-refractivity contribution >= 4 is 0 Å². The van der Waals surface area contributed by atoms with E-state index >= 15 is 0 Å². The number of halogens is 1. The van der Waals surface area contributed by atoms with Crippen molar-refractivity contribution in [2.24, 2.45) is 5.92 Å². The summed E-state index contributed by atoms with van der Waals surface area (Å²) in [5, 5.41) is 10.6. The molecule has 0 bridgehead atoms. The van der Waals surface area contributed by atoms with E-state index in [0.717, 1.165) is 44.1 Å². The number of methoxy groups -OCH3 is 2. The standard InChI is InChI=1S/C22H37FO3/c1-4-5-6-7-8-9-15-20(22(24,25-2)26-3)16-11-10-13-19-14-12-17-21(23)18-19/h12,14,17-18,20,24H,4-11,13,15-16H2,1-3H3. The first-order valence-corrected chi connectivity index (χ1v) is 10.1. The van der Waals surface area contributed by atoms with Crippen molar-refractivity contribution in [2.75, 3.05) is 14.2 Å². The molecule has 0 aliphatic heterocycles. The maximum Gasteiger partial charge on any atom is 0.282 e. The zero-order valence-electron chi connectivity index (χ0n) is 16.8. The Morgan fingerprint density at radius 2 is 1.58 bits per heavy atom. The topological polar surface area (TPSA) is 38.7 Å². The molecular weight excluding hydrogens is 331 g/mol. The minimum atomic E-state index is -1.51. The molecule has 0 aliphatic rings. The van der Waals surface area contributed by atoms with E-state index < -0.39 is 5.97 Å². The third-order valence-electron chi connectivity index (χ3n) is 5.16. The first-order chi connectivity index (χ1) is 12.6. The van der Waals surface area contributed by atoms with E-state index in [9.17, 15) is 9.50 Å². The summed E-state index contributed by atoms with van der Waals surface area (Å²) >= 11 is 0. The van der Waals surface area contributed by atoms with Gasteiger partial charge < -0.3 is 14.6 Å². The minimum absolute atomic E-state index is 0.0452. The predicted molar refractivity (Wildman–Crippen MR) is 104 cm³/mol. The molecule has 0 saturated carbocycles. The lowest BCUT2D eigenvalue weighted by Crippen LogP contribution is -2.42. The minimum Gasteiger partial charge on any atom is -0.343 e. The van der Waals surface area contributed by atoms with Gasteiger partial charge in [0.2, 0.25) is 0 Å². The number of ether oxygens (including phenoxy) is 2. The van der Waals surface area contributed by atoms with E-state index in [1.165, 1.54) is 52.4 Å².